The molecule has 5 rings (SSSR count). The van der Waals surface area contributed by atoms with Gasteiger partial charge in [0.05, 0.1) is 0 Å². The van der Waals surface area contributed by atoms with Gasteiger partial charge in [0.15, 0.2) is 29.1 Å². The molecule has 0 radical (unpaired) electrons. The number of benzene rings is 3. The van der Waals surface area contributed by atoms with Gasteiger partial charge in [0.25, 0.3) is 0 Å². The van der Waals surface area contributed by atoms with Crippen molar-refractivity contribution in [3.8, 4) is 5.75 Å². The number of carbonyl (C=O) groups is 1. The number of hydrogen-bond donors (Lipinski definition) is 0. The van der Waals surface area contributed by atoms with Gasteiger partial charge in [0.2, 0.25) is 0 Å². The molecule has 3 aromatic rings. The van der Waals surface area contributed by atoms with E-state index in [1.165, 1.54) is 37.1 Å². The van der Waals surface area contributed by atoms with Crippen LogP contribution in [0.4, 0.5) is 17.6 Å². The van der Waals surface area contributed by atoms with Gasteiger partial charge in [-0.2, -0.15) is 0 Å². The van der Waals surface area contributed by atoms with Crippen LogP contribution >= 0.6 is 0 Å². The summed E-state index contributed by atoms with van der Waals surface area (Å²) in [5.74, 6) is -3.45. The smallest absolute Gasteiger partial charge is 0.187 e. The summed E-state index contributed by atoms with van der Waals surface area (Å²) < 4.78 is 60.4. The molecule has 8 heteroatoms. The maximum Gasteiger partial charge on any atom is 0.187 e. The molecule has 0 bridgehead atoms. The summed E-state index contributed by atoms with van der Waals surface area (Å²) in [5, 5.41) is 0. The fourth-order valence-corrected chi connectivity index (χ4v) is 5.08. The molecule has 2 aliphatic heterocycles. The van der Waals surface area contributed by atoms with Crippen molar-refractivity contribution in [3.63, 3.8) is 0 Å². The van der Waals surface area contributed by atoms with Crippen LogP contribution in [0.15, 0.2) is 71.8 Å². The lowest BCUT2D eigenvalue weighted by atomic mass is 9.93. The van der Waals surface area contributed by atoms with Crippen molar-refractivity contribution in [1.82, 2.24) is 9.80 Å². The monoisotopic (exact) mass is 550 g/mol. The molecule has 0 spiro atoms. The third-order valence-electron chi connectivity index (χ3n) is 7.14. The van der Waals surface area contributed by atoms with E-state index in [4.69, 9.17) is 4.74 Å². The molecule has 0 aromatic heterocycles. The minimum Gasteiger partial charge on any atom is -0.492 e. The number of rotatable bonds is 8. The highest BCUT2D eigenvalue weighted by molar-refractivity contribution is 6.14. The second-order valence-corrected chi connectivity index (χ2v) is 10.2. The lowest BCUT2D eigenvalue weighted by molar-refractivity contribution is -0.113. The van der Waals surface area contributed by atoms with Crippen LogP contribution in [0.25, 0.3) is 12.2 Å². The van der Waals surface area contributed by atoms with Gasteiger partial charge in [-0.3, -0.25) is 14.6 Å². The quantitative estimate of drug-likeness (QED) is 0.245. The topological polar surface area (TPSA) is 32.8 Å². The predicted octanol–water partition coefficient (Wildman–Crippen LogP) is 6.27. The van der Waals surface area contributed by atoms with Crippen molar-refractivity contribution in [3.05, 3.63) is 112 Å². The number of nitrogens with zero attached hydrogens (tertiary/aromatic N) is 2. The standard InChI is InChI=1S/C32H30F4N2O2/c33-28-9-5-23(17-30(28)35)15-25-20-38(21-26(32(25)39)16-24-6-10-29(34)31(36)18-24)19-22-3-7-27(8-4-22)40-14-13-37-11-1-2-12-37/h3-10,15-18H,1-2,11-14,19-21H2/b25-15+,26-16+. The Labute approximate surface area is 231 Å². The summed E-state index contributed by atoms with van der Waals surface area (Å²) in [6, 6.07) is 14.7. The van der Waals surface area contributed by atoms with E-state index >= 15 is 0 Å². The van der Waals surface area contributed by atoms with Gasteiger partial charge in [-0.1, -0.05) is 24.3 Å². The largest absolute Gasteiger partial charge is 0.492 e. The fourth-order valence-electron chi connectivity index (χ4n) is 5.08. The van der Waals surface area contributed by atoms with Gasteiger partial charge in [0, 0.05) is 37.3 Å². The average Bonchev–Trinajstić information content (AvgIpc) is 3.45. The number of halogens is 4. The predicted molar refractivity (Wildman–Crippen MR) is 147 cm³/mol. The van der Waals surface area contributed by atoms with Crippen LogP contribution < -0.4 is 4.74 Å². The van der Waals surface area contributed by atoms with Gasteiger partial charge in [-0.15, -0.1) is 0 Å². The molecule has 0 aliphatic carbocycles. The van der Waals surface area contributed by atoms with Gasteiger partial charge in [0.1, 0.15) is 12.4 Å². The maximum absolute atomic E-state index is 13.8. The second-order valence-electron chi connectivity index (χ2n) is 10.2. The molecule has 0 saturated carbocycles. The number of likely N-dealkylation sites (tertiary alicyclic amines) is 2. The highest BCUT2D eigenvalue weighted by Gasteiger charge is 2.26. The Morgan fingerprint density at radius 1 is 0.700 bits per heavy atom. The number of piperidine rings is 1. The van der Waals surface area contributed by atoms with Crippen molar-refractivity contribution >= 4 is 17.9 Å². The van der Waals surface area contributed by atoms with E-state index in [2.05, 4.69) is 4.90 Å². The molecule has 2 heterocycles. The first-order valence-corrected chi connectivity index (χ1v) is 13.4. The van der Waals surface area contributed by atoms with Crippen molar-refractivity contribution in [2.24, 2.45) is 0 Å². The normalized spacial score (nSPS) is 18.6. The highest BCUT2D eigenvalue weighted by Crippen LogP contribution is 2.25. The van der Waals surface area contributed by atoms with E-state index in [1.807, 2.05) is 29.2 Å². The van der Waals surface area contributed by atoms with Crippen molar-refractivity contribution in [2.75, 3.05) is 39.3 Å². The Kier molecular flexibility index (Phi) is 8.77. The van der Waals surface area contributed by atoms with E-state index in [-0.39, 0.29) is 18.9 Å². The molecule has 208 valence electrons. The summed E-state index contributed by atoms with van der Waals surface area (Å²) in [4.78, 5) is 17.8. The molecule has 0 amide bonds. The highest BCUT2D eigenvalue weighted by atomic mass is 19.2. The van der Waals surface area contributed by atoms with Crippen LogP contribution in [0.2, 0.25) is 0 Å². The van der Waals surface area contributed by atoms with Crippen LogP contribution in [0, 0.1) is 23.3 Å². The van der Waals surface area contributed by atoms with E-state index < -0.39 is 23.3 Å². The Morgan fingerprint density at radius 3 is 1.77 bits per heavy atom. The van der Waals surface area contributed by atoms with Crippen molar-refractivity contribution in [2.45, 2.75) is 19.4 Å². The van der Waals surface area contributed by atoms with Crippen LogP contribution in [-0.4, -0.2) is 54.9 Å². The fraction of sp³-hybridized carbons (Fsp3) is 0.281. The molecule has 2 fully saturated rings. The summed E-state index contributed by atoms with van der Waals surface area (Å²) in [6.07, 6.45) is 5.55. The molecule has 0 atom stereocenters. The second kappa shape index (κ2) is 12.6. The summed E-state index contributed by atoms with van der Waals surface area (Å²) in [6.45, 7) is 4.85. The molecular formula is C32H30F4N2O2. The summed E-state index contributed by atoms with van der Waals surface area (Å²) >= 11 is 0. The summed E-state index contributed by atoms with van der Waals surface area (Å²) in [7, 11) is 0. The zero-order chi connectivity index (χ0) is 28.1. The first kappa shape index (κ1) is 27.8. The molecule has 40 heavy (non-hydrogen) atoms. The summed E-state index contributed by atoms with van der Waals surface area (Å²) in [5.41, 5.74) is 2.47. The Bertz CT molecular complexity index is 1360. The molecule has 2 saturated heterocycles. The van der Waals surface area contributed by atoms with Crippen molar-refractivity contribution < 1.29 is 27.1 Å². The minimum absolute atomic E-state index is 0.279. The zero-order valence-corrected chi connectivity index (χ0v) is 22.0. The maximum atomic E-state index is 13.8. The first-order chi connectivity index (χ1) is 19.3. The van der Waals surface area contributed by atoms with Gasteiger partial charge in [-0.05, 0) is 91.2 Å². The SMILES string of the molecule is O=C1/C(=C/c2ccc(F)c(F)c2)CN(Cc2ccc(OCCN3CCCC3)cc2)C/C1=C\c1ccc(F)c(F)c1. The van der Waals surface area contributed by atoms with Crippen LogP contribution in [0.3, 0.4) is 0 Å². The number of carbonyl (C=O) groups excluding carboxylic acids is 1. The molecular weight excluding hydrogens is 520 g/mol. The molecule has 3 aromatic carbocycles. The molecule has 0 unspecified atom stereocenters. The first-order valence-electron chi connectivity index (χ1n) is 13.4. The number of ketones is 1. The third kappa shape index (κ3) is 7.06. The third-order valence-corrected chi connectivity index (χ3v) is 7.14. The number of ether oxygens (including phenoxy) is 1. The van der Waals surface area contributed by atoms with Gasteiger partial charge >= 0.3 is 0 Å². The van der Waals surface area contributed by atoms with Crippen LogP contribution in [0.1, 0.15) is 29.5 Å². The van der Waals surface area contributed by atoms with Gasteiger partial charge < -0.3 is 4.74 Å². The van der Waals surface area contributed by atoms with Crippen LogP contribution in [0.5, 0.6) is 5.75 Å². The molecule has 4 nitrogen and oxygen atoms in total. The molecule has 2 aliphatic rings. The van der Waals surface area contributed by atoms with E-state index in [9.17, 15) is 22.4 Å². The average molecular weight is 551 g/mol. The lowest BCUT2D eigenvalue weighted by Crippen LogP contribution is -2.37. The zero-order valence-electron chi connectivity index (χ0n) is 22.0. The lowest BCUT2D eigenvalue weighted by Gasteiger charge is -2.30. The van der Waals surface area contributed by atoms with E-state index in [0.29, 0.717) is 35.4 Å². The van der Waals surface area contributed by atoms with Gasteiger partial charge in [-0.25, -0.2) is 17.6 Å². The van der Waals surface area contributed by atoms with E-state index in [1.54, 1.807) is 0 Å². The number of Topliss-reactive ketones (excluding diaryl/α,β-unsaturated/α-hetero) is 1. The Morgan fingerprint density at radius 2 is 1.25 bits per heavy atom. The minimum atomic E-state index is -1.00. The molecule has 0 N–H and O–H groups in total. The Balaban J connectivity index is 1.33. The number of hydrogen-bond acceptors (Lipinski definition) is 4. The van der Waals surface area contributed by atoms with Crippen molar-refractivity contribution in [1.29, 1.82) is 0 Å². The Hall–Kier alpha value is -3.75. The van der Waals surface area contributed by atoms with Crippen LogP contribution in [-0.2, 0) is 11.3 Å². The van der Waals surface area contributed by atoms with E-state index in [0.717, 1.165) is 55.2 Å².